The third-order valence-electron chi connectivity index (χ3n) is 0.211. The summed E-state index contributed by atoms with van der Waals surface area (Å²) in [6.07, 6.45) is 0. The van der Waals surface area contributed by atoms with Gasteiger partial charge in [-0.3, -0.25) is 0 Å². The van der Waals surface area contributed by atoms with Crippen molar-refractivity contribution in [2.24, 2.45) is 0 Å². The van der Waals surface area contributed by atoms with Crippen molar-refractivity contribution in [3.8, 4) is 0 Å². The smallest absolute Gasteiger partial charge is 0.437 e. The molecule has 0 aromatic rings. The van der Waals surface area contributed by atoms with Gasteiger partial charge in [0.2, 0.25) is 0 Å². The van der Waals surface area contributed by atoms with Crippen LogP contribution in [0.2, 0.25) is 0 Å². The second-order valence-electron chi connectivity index (χ2n) is 0.562. The van der Waals surface area contributed by atoms with Gasteiger partial charge in [-0.05, 0) is 0 Å². The third kappa shape index (κ3) is 8.86. The molecule has 0 aliphatic carbocycles. The Kier molecular flexibility index (Phi) is 9.78. The van der Waals surface area contributed by atoms with Crippen molar-refractivity contribution in [3.05, 3.63) is 0 Å². The summed E-state index contributed by atoms with van der Waals surface area (Å²) in [5.41, 5.74) is 0. The van der Waals surface area contributed by atoms with Crippen molar-refractivity contribution < 1.29 is 36.1 Å². The molecule has 0 aliphatic heterocycles. The Balaban J connectivity index is 0. The molecule has 0 unspecified atom stereocenters. The Morgan fingerprint density at radius 2 is 1.67 bits per heavy atom. The predicted molar refractivity (Wildman–Crippen MR) is 21.2 cm³/mol. The second kappa shape index (κ2) is 5.88. The summed E-state index contributed by atoms with van der Waals surface area (Å²) in [4.78, 5) is 0. The first-order valence-corrected chi connectivity index (χ1v) is 1.98. The minimum absolute atomic E-state index is 0. The van der Waals surface area contributed by atoms with Crippen LogP contribution in [0.3, 0.4) is 0 Å². The van der Waals surface area contributed by atoms with Gasteiger partial charge in [-0.25, -0.2) is 0 Å². The molecule has 3 nitrogen and oxygen atoms in total. The van der Waals surface area contributed by atoms with Crippen LogP contribution in [-0.4, -0.2) is 27.9 Å². The second-order valence-corrected chi connectivity index (χ2v) is 1.03. The summed E-state index contributed by atoms with van der Waals surface area (Å²) in [7, 11) is -1.18. The molecule has 0 heterocycles. The van der Waals surface area contributed by atoms with E-state index in [2.05, 4.69) is 4.34 Å². The quantitative estimate of drug-likeness (QED) is 0.388. The van der Waals surface area contributed by atoms with Crippen LogP contribution in [0.15, 0.2) is 0 Å². The molecule has 0 atom stereocenters. The summed E-state index contributed by atoms with van der Waals surface area (Å²) in [6, 6.07) is 0. The molecular formula is H5BO3SiTi. The average Bonchev–Trinajstić information content (AvgIpc) is 1.38. The standard InChI is InChI=1S/BH5O3Si.Ti/c2-1(3)4-5;/h2-3H,5H3;. The molecule has 6 heavy (non-hydrogen) atoms. The summed E-state index contributed by atoms with van der Waals surface area (Å²) < 4.78 is 4.00. The minimum Gasteiger partial charge on any atom is -0.437 e. The fourth-order valence-electron chi connectivity index (χ4n) is 0. The van der Waals surface area contributed by atoms with E-state index >= 15 is 0 Å². The zero-order valence-electron chi connectivity index (χ0n) is 3.38. The van der Waals surface area contributed by atoms with Crippen molar-refractivity contribution >= 4 is 17.8 Å². The normalized spacial score (nSPS) is 7.00. The van der Waals surface area contributed by atoms with Gasteiger partial charge in [0.15, 0.2) is 0 Å². The van der Waals surface area contributed by atoms with E-state index in [1.807, 2.05) is 0 Å². The first kappa shape index (κ1) is 9.99. The van der Waals surface area contributed by atoms with Crippen molar-refractivity contribution in [3.63, 3.8) is 0 Å². The van der Waals surface area contributed by atoms with Crippen molar-refractivity contribution in [1.29, 1.82) is 0 Å². The van der Waals surface area contributed by atoms with Gasteiger partial charge in [0.25, 0.3) is 0 Å². The summed E-state index contributed by atoms with van der Waals surface area (Å²) in [6.45, 7) is 0. The third-order valence-corrected chi connectivity index (χ3v) is 0.632. The fourth-order valence-corrected chi connectivity index (χ4v) is 0. The molecule has 0 aromatic heterocycles. The first-order chi connectivity index (χ1) is 2.27. The molecule has 0 radical (unpaired) electrons. The van der Waals surface area contributed by atoms with E-state index in [0.717, 1.165) is 0 Å². The zero-order valence-corrected chi connectivity index (χ0v) is 6.94. The average molecular weight is 140 g/mol. The van der Waals surface area contributed by atoms with Crippen molar-refractivity contribution in [2.45, 2.75) is 0 Å². The molecule has 0 rings (SSSR count). The largest absolute Gasteiger partial charge is 0.622 e. The van der Waals surface area contributed by atoms with E-state index in [4.69, 9.17) is 10.0 Å². The molecule has 0 aromatic carbocycles. The Labute approximate surface area is 54.3 Å². The van der Waals surface area contributed by atoms with Gasteiger partial charge in [0.05, 0.1) is 0 Å². The SMILES string of the molecule is OB(O)O[SiH3].[Ti]. The maximum absolute atomic E-state index is 7.73. The molecule has 0 amide bonds. The monoisotopic (exact) mass is 140 g/mol. The zero-order chi connectivity index (χ0) is 4.28. The number of rotatable bonds is 1. The first-order valence-electron chi connectivity index (χ1n) is 1.16. The maximum atomic E-state index is 7.73. The van der Waals surface area contributed by atoms with Gasteiger partial charge in [0.1, 0.15) is 10.5 Å². The molecule has 0 saturated carbocycles. The Morgan fingerprint density at radius 3 is 1.67 bits per heavy atom. The van der Waals surface area contributed by atoms with Crippen molar-refractivity contribution in [2.75, 3.05) is 0 Å². The van der Waals surface area contributed by atoms with Crippen LogP contribution in [0.4, 0.5) is 0 Å². The molecule has 0 spiro atoms. The van der Waals surface area contributed by atoms with Gasteiger partial charge in [-0.15, -0.1) is 0 Å². The Hall–Kier alpha value is 0.876. The molecule has 0 bridgehead atoms. The predicted octanol–water partition coefficient (Wildman–Crippen LogP) is -2.75. The van der Waals surface area contributed by atoms with Crippen LogP contribution in [0.5, 0.6) is 0 Å². The number of hydrogen-bond acceptors (Lipinski definition) is 3. The summed E-state index contributed by atoms with van der Waals surface area (Å²) >= 11 is 0. The van der Waals surface area contributed by atoms with Crippen LogP contribution in [0.25, 0.3) is 0 Å². The molecule has 34 valence electrons. The van der Waals surface area contributed by atoms with Crippen LogP contribution in [0, 0.1) is 0 Å². The molecule has 0 fully saturated rings. The maximum Gasteiger partial charge on any atom is 0.622 e. The van der Waals surface area contributed by atoms with Crippen LogP contribution < -0.4 is 0 Å². The van der Waals surface area contributed by atoms with Gasteiger partial charge in [0, 0.05) is 21.7 Å². The fraction of sp³-hybridized carbons (Fsp3) is 0. The topological polar surface area (TPSA) is 49.7 Å². The van der Waals surface area contributed by atoms with E-state index in [-0.39, 0.29) is 21.7 Å². The van der Waals surface area contributed by atoms with Gasteiger partial charge in [-0.2, -0.15) is 0 Å². The molecule has 6 heteroatoms. The molecule has 0 saturated heterocycles. The van der Waals surface area contributed by atoms with E-state index in [9.17, 15) is 0 Å². The van der Waals surface area contributed by atoms with Gasteiger partial charge in [-0.1, -0.05) is 0 Å². The van der Waals surface area contributed by atoms with Gasteiger partial charge >= 0.3 is 7.32 Å². The number of hydrogen-bond donors (Lipinski definition) is 2. The van der Waals surface area contributed by atoms with Crippen molar-refractivity contribution in [1.82, 2.24) is 0 Å². The Morgan fingerprint density at radius 1 is 1.50 bits per heavy atom. The Bertz CT molecular complexity index is 24.8. The minimum atomic E-state index is -1.55. The molecule has 2 N–H and O–H groups in total. The summed E-state index contributed by atoms with van der Waals surface area (Å²) in [5.74, 6) is 0. The van der Waals surface area contributed by atoms with Crippen LogP contribution in [0.1, 0.15) is 0 Å². The van der Waals surface area contributed by atoms with Crippen LogP contribution in [-0.2, 0) is 26.1 Å². The molecule has 0 aliphatic rings. The molecular weight excluding hydrogens is 135 g/mol. The van der Waals surface area contributed by atoms with E-state index in [1.165, 1.54) is 0 Å². The van der Waals surface area contributed by atoms with E-state index in [0.29, 0.717) is 10.5 Å². The summed E-state index contributed by atoms with van der Waals surface area (Å²) in [5, 5.41) is 15.5. The van der Waals surface area contributed by atoms with E-state index in [1.54, 1.807) is 0 Å². The van der Waals surface area contributed by atoms with E-state index < -0.39 is 7.32 Å². The van der Waals surface area contributed by atoms with Crippen LogP contribution >= 0.6 is 0 Å². The van der Waals surface area contributed by atoms with Gasteiger partial charge < -0.3 is 14.4 Å².